The Labute approximate surface area is 83.6 Å². The number of aryl methyl sites for hydroxylation is 1. The minimum atomic E-state index is 1.12. The minimum absolute atomic E-state index is 1.12. The molecule has 1 aliphatic heterocycles. The zero-order valence-corrected chi connectivity index (χ0v) is 8.86. The first-order valence-corrected chi connectivity index (χ1v) is 5.75. The van der Waals surface area contributed by atoms with Crippen LogP contribution >= 0.6 is 11.3 Å². The molecule has 1 N–H and O–H groups in total. The van der Waals surface area contributed by atoms with Gasteiger partial charge in [-0.1, -0.05) is 0 Å². The molecule has 0 saturated carbocycles. The number of hydrogen-bond donors (Lipinski definition) is 1. The first-order valence-electron chi connectivity index (χ1n) is 4.88. The van der Waals surface area contributed by atoms with Crippen molar-refractivity contribution in [3.05, 3.63) is 17.0 Å². The quantitative estimate of drug-likeness (QED) is 0.737. The standard InChI is InChI=1S/C10H16N2S/c1-9-3-8-13-10(9)12-6-2-4-11-5-7-12/h3,8,11H,2,4-7H2,1H3. The summed E-state index contributed by atoms with van der Waals surface area (Å²) < 4.78 is 0. The van der Waals surface area contributed by atoms with Crippen molar-refractivity contribution in [1.82, 2.24) is 5.32 Å². The third-order valence-corrected chi connectivity index (χ3v) is 3.54. The van der Waals surface area contributed by atoms with E-state index in [2.05, 4.69) is 28.6 Å². The van der Waals surface area contributed by atoms with Gasteiger partial charge < -0.3 is 10.2 Å². The van der Waals surface area contributed by atoms with Crippen LogP contribution in [0.2, 0.25) is 0 Å². The fourth-order valence-corrected chi connectivity index (χ4v) is 2.72. The van der Waals surface area contributed by atoms with Crippen LogP contribution in [0.3, 0.4) is 0 Å². The van der Waals surface area contributed by atoms with E-state index in [0.29, 0.717) is 0 Å². The van der Waals surface area contributed by atoms with E-state index in [1.54, 1.807) is 0 Å². The Balaban J connectivity index is 2.10. The third-order valence-electron chi connectivity index (χ3n) is 2.46. The van der Waals surface area contributed by atoms with Crippen LogP contribution in [-0.4, -0.2) is 26.2 Å². The minimum Gasteiger partial charge on any atom is -0.362 e. The number of hydrogen-bond acceptors (Lipinski definition) is 3. The van der Waals surface area contributed by atoms with Crippen LogP contribution in [-0.2, 0) is 0 Å². The Morgan fingerprint density at radius 3 is 3.08 bits per heavy atom. The number of nitrogens with one attached hydrogen (secondary N) is 1. The molecule has 3 heteroatoms. The lowest BCUT2D eigenvalue weighted by molar-refractivity contribution is 0.724. The second-order valence-electron chi connectivity index (χ2n) is 3.50. The van der Waals surface area contributed by atoms with E-state index in [1.807, 2.05) is 11.3 Å². The molecular formula is C10H16N2S. The fraction of sp³-hybridized carbons (Fsp3) is 0.600. The van der Waals surface area contributed by atoms with E-state index in [4.69, 9.17) is 0 Å². The van der Waals surface area contributed by atoms with E-state index in [0.717, 1.165) is 13.1 Å². The second kappa shape index (κ2) is 4.11. The number of nitrogens with zero attached hydrogens (tertiary/aromatic N) is 1. The monoisotopic (exact) mass is 196 g/mol. The highest BCUT2D eigenvalue weighted by molar-refractivity contribution is 7.14. The maximum atomic E-state index is 3.42. The molecule has 2 rings (SSSR count). The summed E-state index contributed by atoms with van der Waals surface area (Å²) >= 11 is 1.86. The molecule has 72 valence electrons. The molecule has 13 heavy (non-hydrogen) atoms. The number of anilines is 1. The Hall–Kier alpha value is -0.540. The van der Waals surface area contributed by atoms with Gasteiger partial charge in [-0.05, 0) is 36.9 Å². The highest BCUT2D eigenvalue weighted by Crippen LogP contribution is 2.26. The van der Waals surface area contributed by atoms with Gasteiger partial charge in [0.05, 0.1) is 5.00 Å². The molecule has 1 aromatic heterocycles. The first kappa shape index (κ1) is 9.03. The summed E-state index contributed by atoms with van der Waals surface area (Å²) in [4.78, 5) is 2.50. The zero-order valence-electron chi connectivity index (χ0n) is 8.05. The lowest BCUT2D eigenvalue weighted by atomic mass is 10.3. The van der Waals surface area contributed by atoms with E-state index in [-0.39, 0.29) is 0 Å². The van der Waals surface area contributed by atoms with Crippen molar-refractivity contribution in [2.75, 3.05) is 31.1 Å². The Kier molecular flexibility index (Phi) is 2.86. The Morgan fingerprint density at radius 1 is 1.38 bits per heavy atom. The maximum Gasteiger partial charge on any atom is 0.0938 e. The molecule has 0 aromatic carbocycles. The van der Waals surface area contributed by atoms with E-state index < -0.39 is 0 Å². The molecule has 0 aliphatic carbocycles. The summed E-state index contributed by atoms with van der Waals surface area (Å²) in [5.74, 6) is 0. The molecule has 0 unspecified atom stereocenters. The van der Waals surface area contributed by atoms with Crippen LogP contribution in [0.5, 0.6) is 0 Å². The van der Waals surface area contributed by atoms with E-state index in [1.165, 1.54) is 30.1 Å². The lowest BCUT2D eigenvalue weighted by Crippen LogP contribution is -2.27. The Bertz CT molecular complexity index is 262. The van der Waals surface area contributed by atoms with Gasteiger partial charge in [-0.2, -0.15) is 0 Å². The largest absolute Gasteiger partial charge is 0.362 e. The van der Waals surface area contributed by atoms with Crippen molar-refractivity contribution in [2.24, 2.45) is 0 Å². The third kappa shape index (κ3) is 2.03. The second-order valence-corrected chi connectivity index (χ2v) is 4.39. The van der Waals surface area contributed by atoms with Gasteiger partial charge in [0.25, 0.3) is 0 Å². The average Bonchev–Trinajstić information content (AvgIpc) is 2.43. The van der Waals surface area contributed by atoms with Gasteiger partial charge in [0.1, 0.15) is 0 Å². The van der Waals surface area contributed by atoms with Gasteiger partial charge in [-0.15, -0.1) is 11.3 Å². The molecule has 1 aromatic rings. The maximum absolute atomic E-state index is 3.42. The van der Waals surface area contributed by atoms with E-state index >= 15 is 0 Å². The van der Waals surface area contributed by atoms with Gasteiger partial charge in [-0.3, -0.25) is 0 Å². The molecule has 2 nitrogen and oxygen atoms in total. The molecule has 2 heterocycles. The highest BCUT2D eigenvalue weighted by Gasteiger charge is 2.11. The molecule has 0 spiro atoms. The van der Waals surface area contributed by atoms with Crippen molar-refractivity contribution in [1.29, 1.82) is 0 Å². The molecule has 0 amide bonds. The van der Waals surface area contributed by atoms with Crippen molar-refractivity contribution < 1.29 is 0 Å². The van der Waals surface area contributed by atoms with Crippen molar-refractivity contribution in [3.8, 4) is 0 Å². The molecule has 1 aliphatic rings. The topological polar surface area (TPSA) is 15.3 Å². The van der Waals surface area contributed by atoms with Gasteiger partial charge in [-0.25, -0.2) is 0 Å². The normalized spacial score (nSPS) is 18.7. The number of thiophene rings is 1. The molecule has 1 saturated heterocycles. The Morgan fingerprint density at radius 2 is 2.31 bits per heavy atom. The predicted octanol–water partition coefficient (Wildman–Crippen LogP) is 1.86. The summed E-state index contributed by atoms with van der Waals surface area (Å²) in [5, 5.41) is 7.07. The predicted molar refractivity (Wildman–Crippen MR) is 58.8 cm³/mol. The highest BCUT2D eigenvalue weighted by atomic mass is 32.1. The van der Waals surface area contributed by atoms with Crippen molar-refractivity contribution >= 4 is 16.3 Å². The van der Waals surface area contributed by atoms with Crippen LogP contribution in [0.25, 0.3) is 0 Å². The smallest absolute Gasteiger partial charge is 0.0938 e. The lowest BCUT2D eigenvalue weighted by Gasteiger charge is -2.21. The van der Waals surface area contributed by atoms with Gasteiger partial charge in [0.15, 0.2) is 0 Å². The number of rotatable bonds is 1. The van der Waals surface area contributed by atoms with Crippen molar-refractivity contribution in [3.63, 3.8) is 0 Å². The SMILES string of the molecule is Cc1ccsc1N1CCCNCC1. The van der Waals surface area contributed by atoms with E-state index in [9.17, 15) is 0 Å². The van der Waals surface area contributed by atoms with Gasteiger partial charge in [0, 0.05) is 19.6 Å². The summed E-state index contributed by atoms with van der Waals surface area (Å²) in [5.41, 5.74) is 1.42. The molecule has 0 bridgehead atoms. The van der Waals surface area contributed by atoms with Crippen LogP contribution in [0.4, 0.5) is 5.00 Å². The van der Waals surface area contributed by atoms with Crippen LogP contribution in [0.15, 0.2) is 11.4 Å². The fourth-order valence-electron chi connectivity index (χ4n) is 1.74. The summed E-state index contributed by atoms with van der Waals surface area (Å²) in [6.07, 6.45) is 1.26. The molecule has 0 atom stereocenters. The van der Waals surface area contributed by atoms with Crippen LogP contribution in [0, 0.1) is 6.92 Å². The zero-order chi connectivity index (χ0) is 9.10. The molecule has 0 radical (unpaired) electrons. The summed E-state index contributed by atoms with van der Waals surface area (Å²) in [6, 6.07) is 2.21. The van der Waals surface area contributed by atoms with Crippen LogP contribution < -0.4 is 10.2 Å². The van der Waals surface area contributed by atoms with Gasteiger partial charge >= 0.3 is 0 Å². The summed E-state index contributed by atoms with van der Waals surface area (Å²) in [6.45, 7) is 6.85. The first-order chi connectivity index (χ1) is 6.38. The molecule has 1 fully saturated rings. The summed E-state index contributed by atoms with van der Waals surface area (Å²) in [7, 11) is 0. The van der Waals surface area contributed by atoms with Crippen molar-refractivity contribution in [2.45, 2.75) is 13.3 Å². The molecular weight excluding hydrogens is 180 g/mol. The van der Waals surface area contributed by atoms with Crippen LogP contribution in [0.1, 0.15) is 12.0 Å². The van der Waals surface area contributed by atoms with Gasteiger partial charge in [0.2, 0.25) is 0 Å². The average molecular weight is 196 g/mol.